The maximum absolute atomic E-state index is 13.6. The molecule has 0 saturated heterocycles. The number of hydrogen-bond acceptors (Lipinski definition) is 5. The van der Waals surface area contributed by atoms with Crippen LogP contribution in [0, 0.1) is 13.8 Å². The highest BCUT2D eigenvalue weighted by Crippen LogP contribution is 2.39. The first kappa shape index (κ1) is 19.3. The number of primary amides is 1. The number of carbonyl (C=O) groups excluding carboxylic acids is 2. The Bertz CT molecular complexity index is 1090. The van der Waals surface area contributed by atoms with Crippen molar-refractivity contribution in [2.45, 2.75) is 39.3 Å². The van der Waals surface area contributed by atoms with Crippen LogP contribution in [-0.4, -0.2) is 26.7 Å². The van der Waals surface area contributed by atoms with E-state index in [4.69, 9.17) is 5.73 Å². The lowest BCUT2D eigenvalue weighted by Gasteiger charge is -2.30. The van der Waals surface area contributed by atoms with E-state index in [1.807, 2.05) is 17.9 Å². The number of pyridine rings is 1. The van der Waals surface area contributed by atoms with E-state index in [1.165, 1.54) is 34.2 Å². The van der Waals surface area contributed by atoms with E-state index < -0.39 is 5.91 Å². The molecule has 7 heteroatoms. The standard InChI is InChI=1S/C22H22N4O2S/c1-13-5-3-7-17-16(13)8-9-18(17)26(22(28)20-14(2)25-12-29-20)11-15-6-4-10-24-19(15)21(23)27/h3-7,10,12,18H,8-9,11H2,1-2H3,(H2,23,27)/t18-/m1/s1. The third-order valence-corrected chi connectivity index (χ3v) is 6.43. The van der Waals surface area contributed by atoms with Gasteiger partial charge >= 0.3 is 0 Å². The Hall–Kier alpha value is -3.06. The number of rotatable bonds is 5. The fourth-order valence-electron chi connectivity index (χ4n) is 4.07. The second kappa shape index (κ2) is 7.75. The maximum atomic E-state index is 13.6. The number of aromatic nitrogens is 2. The maximum Gasteiger partial charge on any atom is 0.267 e. The molecule has 3 aromatic rings. The fraction of sp³-hybridized carbons (Fsp3) is 0.273. The van der Waals surface area contributed by atoms with Crippen molar-refractivity contribution in [1.82, 2.24) is 14.9 Å². The Morgan fingerprint density at radius 2 is 2.03 bits per heavy atom. The average molecular weight is 407 g/mol. The summed E-state index contributed by atoms with van der Waals surface area (Å²) in [5.41, 5.74) is 12.5. The molecule has 0 spiro atoms. The summed E-state index contributed by atoms with van der Waals surface area (Å²) in [5.74, 6) is -0.673. The molecule has 0 radical (unpaired) electrons. The minimum absolute atomic E-state index is 0.0696. The molecular formula is C22H22N4O2S. The molecule has 0 saturated carbocycles. The summed E-state index contributed by atoms with van der Waals surface area (Å²) in [6.45, 7) is 4.21. The van der Waals surface area contributed by atoms with Crippen LogP contribution in [0.1, 0.15) is 60.6 Å². The number of carbonyl (C=O) groups is 2. The second-order valence-electron chi connectivity index (χ2n) is 7.27. The van der Waals surface area contributed by atoms with Gasteiger partial charge in [-0.3, -0.25) is 14.6 Å². The molecule has 29 heavy (non-hydrogen) atoms. The number of benzene rings is 1. The van der Waals surface area contributed by atoms with Gasteiger partial charge in [0.15, 0.2) is 0 Å². The quantitative estimate of drug-likeness (QED) is 0.701. The summed E-state index contributed by atoms with van der Waals surface area (Å²) in [6.07, 6.45) is 3.31. The van der Waals surface area contributed by atoms with E-state index in [-0.39, 0.29) is 24.2 Å². The molecule has 1 aliphatic rings. The molecule has 2 aromatic heterocycles. The monoisotopic (exact) mass is 406 g/mol. The molecule has 148 valence electrons. The largest absolute Gasteiger partial charge is 0.364 e. The second-order valence-corrected chi connectivity index (χ2v) is 8.13. The number of aryl methyl sites for hydroxylation is 2. The van der Waals surface area contributed by atoms with E-state index >= 15 is 0 Å². The third-order valence-electron chi connectivity index (χ3n) is 5.52. The van der Waals surface area contributed by atoms with Crippen LogP contribution in [0.2, 0.25) is 0 Å². The van der Waals surface area contributed by atoms with Gasteiger partial charge in [-0.25, -0.2) is 4.98 Å². The fourth-order valence-corrected chi connectivity index (χ4v) is 4.83. The number of nitrogens with two attached hydrogens (primary N) is 1. The minimum atomic E-state index is -0.593. The van der Waals surface area contributed by atoms with Crippen molar-refractivity contribution in [1.29, 1.82) is 0 Å². The first-order valence-corrected chi connectivity index (χ1v) is 10.4. The summed E-state index contributed by atoms with van der Waals surface area (Å²) in [7, 11) is 0. The van der Waals surface area contributed by atoms with Crippen molar-refractivity contribution < 1.29 is 9.59 Å². The van der Waals surface area contributed by atoms with E-state index in [1.54, 1.807) is 17.6 Å². The highest BCUT2D eigenvalue weighted by molar-refractivity contribution is 7.11. The van der Waals surface area contributed by atoms with Gasteiger partial charge in [0, 0.05) is 18.3 Å². The zero-order valence-electron chi connectivity index (χ0n) is 16.4. The average Bonchev–Trinajstić information content (AvgIpc) is 3.33. The van der Waals surface area contributed by atoms with E-state index in [9.17, 15) is 9.59 Å². The molecule has 2 N–H and O–H groups in total. The summed E-state index contributed by atoms with van der Waals surface area (Å²) in [4.78, 5) is 36.3. The Kier molecular flexibility index (Phi) is 5.15. The van der Waals surface area contributed by atoms with E-state index in [0.717, 1.165) is 12.8 Å². The van der Waals surface area contributed by atoms with Crippen molar-refractivity contribution in [3.63, 3.8) is 0 Å². The number of nitrogens with zero attached hydrogens (tertiary/aromatic N) is 3. The van der Waals surface area contributed by atoms with Gasteiger partial charge in [-0.15, -0.1) is 11.3 Å². The number of thiazole rings is 1. The van der Waals surface area contributed by atoms with Crippen LogP contribution >= 0.6 is 11.3 Å². The Morgan fingerprint density at radius 1 is 1.21 bits per heavy atom. The molecule has 0 fully saturated rings. The minimum Gasteiger partial charge on any atom is -0.364 e. The lowest BCUT2D eigenvalue weighted by Crippen LogP contribution is -2.34. The predicted octanol–water partition coefficient (Wildman–Crippen LogP) is 3.58. The summed E-state index contributed by atoms with van der Waals surface area (Å²) in [5, 5.41) is 0. The van der Waals surface area contributed by atoms with Crippen LogP contribution < -0.4 is 5.73 Å². The highest BCUT2D eigenvalue weighted by Gasteiger charge is 2.34. The number of hydrogen-bond donors (Lipinski definition) is 1. The highest BCUT2D eigenvalue weighted by atomic mass is 32.1. The molecule has 2 amide bonds. The first-order valence-electron chi connectivity index (χ1n) is 9.50. The van der Waals surface area contributed by atoms with E-state index in [0.29, 0.717) is 16.1 Å². The van der Waals surface area contributed by atoms with Crippen LogP contribution in [0.15, 0.2) is 42.0 Å². The smallest absolute Gasteiger partial charge is 0.267 e. The van der Waals surface area contributed by atoms with Gasteiger partial charge in [-0.05, 0) is 49.4 Å². The number of amides is 2. The van der Waals surface area contributed by atoms with Crippen LogP contribution in [0.4, 0.5) is 0 Å². The van der Waals surface area contributed by atoms with E-state index in [2.05, 4.69) is 29.0 Å². The molecule has 4 rings (SSSR count). The third kappa shape index (κ3) is 3.53. The molecule has 0 unspecified atom stereocenters. The van der Waals surface area contributed by atoms with Crippen LogP contribution in [0.5, 0.6) is 0 Å². The normalized spacial score (nSPS) is 15.2. The Morgan fingerprint density at radius 3 is 2.76 bits per heavy atom. The van der Waals surface area contributed by atoms with Crippen molar-refractivity contribution in [2.75, 3.05) is 0 Å². The van der Waals surface area contributed by atoms with Crippen molar-refractivity contribution in [3.8, 4) is 0 Å². The SMILES string of the molecule is Cc1cccc2c1CC[C@H]2N(Cc1cccnc1C(N)=O)C(=O)c1scnc1C. The number of fused-ring (bicyclic) bond motifs is 1. The predicted molar refractivity (Wildman–Crippen MR) is 112 cm³/mol. The molecule has 0 bridgehead atoms. The lowest BCUT2D eigenvalue weighted by molar-refractivity contribution is 0.0660. The molecular weight excluding hydrogens is 384 g/mol. The topological polar surface area (TPSA) is 89.2 Å². The zero-order chi connectivity index (χ0) is 20.5. The molecule has 1 aliphatic carbocycles. The Labute approximate surface area is 173 Å². The molecule has 2 heterocycles. The molecule has 1 atom stereocenters. The Balaban J connectivity index is 1.78. The molecule has 6 nitrogen and oxygen atoms in total. The van der Waals surface area contributed by atoms with Crippen molar-refractivity contribution in [2.24, 2.45) is 5.73 Å². The van der Waals surface area contributed by atoms with Crippen molar-refractivity contribution >= 4 is 23.2 Å². The van der Waals surface area contributed by atoms with Crippen LogP contribution in [0.3, 0.4) is 0 Å². The van der Waals surface area contributed by atoms with Gasteiger partial charge < -0.3 is 10.6 Å². The van der Waals surface area contributed by atoms with Gasteiger partial charge in [0.2, 0.25) is 0 Å². The summed E-state index contributed by atoms with van der Waals surface area (Å²) < 4.78 is 0. The summed E-state index contributed by atoms with van der Waals surface area (Å²) >= 11 is 1.34. The first-order chi connectivity index (χ1) is 14.0. The van der Waals surface area contributed by atoms with Gasteiger partial charge in [-0.2, -0.15) is 0 Å². The molecule has 0 aliphatic heterocycles. The zero-order valence-corrected chi connectivity index (χ0v) is 17.2. The van der Waals surface area contributed by atoms with Gasteiger partial charge in [0.1, 0.15) is 10.6 Å². The van der Waals surface area contributed by atoms with Gasteiger partial charge in [-0.1, -0.05) is 24.3 Å². The summed E-state index contributed by atoms with van der Waals surface area (Å²) in [6, 6.07) is 9.73. The lowest BCUT2D eigenvalue weighted by atomic mass is 10.0. The van der Waals surface area contributed by atoms with Crippen LogP contribution in [-0.2, 0) is 13.0 Å². The molecule has 1 aromatic carbocycles. The van der Waals surface area contributed by atoms with Crippen LogP contribution in [0.25, 0.3) is 0 Å². The van der Waals surface area contributed by atoms with Gasteiger partial charge in [0.25, 0.3) is 11.8 Å². The van der Waals surface area contributed by atoms with Gasteiger partial charge in [0.05, 0.1) is 17.2 Å². The van der Waals surface area contributed by atoms with Crippen molar-refractivity contribution in [3.05, 3.63) is 80.6 Å².